The second kappa shape index (κ2) is 6.27. The molecular weight excluding hydrogens is 230 g/mol. The monoisotopic (exact) mass is 243 g/mol. The number of hydrogen-bond acceptors (Lipinski definition) is 3. The molecule has 1 aromatic heterocycles. The first-order valence-corrected chi connectivity index (χ1v) is 5.51. The van der Waals surface area contributed by atoms with Gasteiger partial charge in [-0.25, -0.2) is 5.10 Å². The summed E-state index contributed by atoms with van der Waals surface area (Å²) in [6, 6.07) is 2.65. The fourth-order valence-electron chi connectivity index (χ4n) is 1.15. The highest BCUT2D eigenvalue weighted by molar-refractivity contribution is 6.20. The van der Waals surface area contributed by atoms with Crippen LogP contribution in [0.25, 0.3) is 0 Å². The molecule has 0 radical (unpaired) electrons. The Hall–Kier alpha value is -1.36. The molecule has 0 saturated heterocycles. The Morgan fingerprint density at radius 2 is 2.38 bits per heavy atom. The molecule has 0 aliphatic heterocycles. The molecule has 0 saturated carbocycles. The summed E-state index contributed by atoms with van der Waals surface area (Å²) in [4.78, 5) is 22.2. The van der Waals surface area contributed by atoms with Gasteiger partial charge in [-0.1, -0.05) is 0 Å². The Labute approximate surface area is 98.2 Å². The molecule has 16 heavy (non-hydrogen) atoms. The third-order valence-electron chi connectivity index (χ3n) is 1.98. The second-order valence-corrected chi connectivity index (χ2v) is 4.23. The molecule has 6 heteroatoms. The third kappa shape index (κ3) is 4.44. The van der Waals surface area contributed by atoms with E-state index < -0.39 is 0 Å². The summed E-state index contributed by atoms with van der Waals surface area (Å²) in [5, 5.41) is 8.62. The van der Waals surface area contributed by atoms with E-state index in [0.717, 1.165) is 12.8 Å². The van der Waals surface area contributed by atoms with Gasteiger partial charge in [-0.15, -0.1) is 11.6 Å². The molecule has 2 N–H and O–H groups in total. The molecular formula is C10H14ClN3O2. The molecule has 0 aromatic carbocycles. The molecule has 0 bridgehead atoms. The summed E-state index contributed by atoms with van der Waals surface area (Å²) in [5.41, 5.74) is -0.119. The summed E-state index contributed by atoms with van der Waals surface area (Å²) in [6.45, 7) is 2.46. The van der Waals surface area contributed by atoms with E-state index in [9.17, 15) is 9.59 Å². The summed E-state index contributed by atoms with van der Waals surface area (Å²) in [7, 11) is 0. The van der Waals surface area contributed by atoms with E-state index in [0.29, 0.717) is 6.54 Å². The van der Waals surface area contributed by atoms with Gasteiger partial charge in [0.25, 0.3) is 11.5 Å². The predicted molar refractivity (Wildman–Crippen MR) is 61.7 cm³/mol. The van der Waals surface area contributed by atoms with E-state index in [1.54, 1.807) is 0 Å². The third-order valence-corrected chi connectivity index (χ3v) is 2.19. The van der Waals surface area contributed by atoms with Crippen molar-refractivity contribution in [3.8, 4) is 0 Å². The van der Waals surface area contributed by atoms with Gasteiger partial charge < -0.3 is 5.32 Å². The summed E-state index contributed by atoms with van der Waals surface area (Å²) < 4.78 is 0. The van der Waals surface area contributed by atoms with Crippen molar-refractivity contribution in [2.75, 3.05) is 6.54 Å². The van der Waals surface area contributed by atoms with Crippen molar-refractivity contribution in [2.24, 2.45) is 0 Å². The molecule has 5 nitrogen and oxygen atoms in total. The molecule has 1 atom stereocenters. The molecule has 0 fully saturated rings. The first-order valence-electron chi connectivity index (χ1n) is 5.07. The average molecular weight is 244 g/mol. The van der Waals surface area contributed by atoms with Crippen molar-refractivity contribution in [3.05, 3.63) is 28.2 Å². The Morgan fingerprint density at radius 1 is 1.62 bits per heavy atom. The van der Waals surface area contributed by atoms with Crippen LogP contribution >= 0.6 is 11.6 Å². The number of carbonyl (C=O) groups is 1. The van der Waals surface area contributed by atoms with Crippen LogP contribution in [0.3, 0.4) is 0 Å². The SMILES string of the molecule is CC(Cl)CCCNC(=O)c1ccc(=O)[nH]n1. The quantitative estimate of drug-likeness (QED) is 0.596. The van der Waals surface area contributed by atoms with Crippen LogP contribution in [0.1, 0.15) is 30.3 Å². The van der Waals surface area contributed by atoms with Gasteiger partial charge >= 0.3 is 0 Å². The van der Waals surface area contributed by atoms with E-state index in [4.69, 9.17) is 11.6 Å². The fraction of sp³-hybridized carbons (Fsp3) is 0.500. The van der Waals surface area contributed by atoms with E-state index in [1.807, 2.05) is 6.92 Å². The minimum absolute atomic E-state index is 0.114. The molecule has 1 unspecified atom stereocenters. The number of amides is 1. The second-order valence-electron chi connectivity index (χ2n) is 3.49. The van der Waals surface area contributed by atoms with Crippen LogP contribution in [0.4, 0.5) is 0 Å². The number of hydrogen-bond donors (Lipinski definition) is 2. The number of H-pyrrole nitrogens is 1. The van der Waals surface area contributed by atoms with Crippen LogP contribution in [0.15, 0.2) is 16.9 Å². The standard InChI is InChI=1S/C10H14ClN3O2/c1-7(11)3-2-6-12-10(16)8-4-5-9(15)14-13-8/h4-5,7H,2-3,6H2,1H3,(H,12,16)(H,14,15). The van der Waals surface area contributed by atoms with Gasteiger partial charge in [0.15, 0.2) is 0 Å². The van der Waals surface area contributed by atoms with E-state index in [2.05, 4.69) is 15.5 Å². The van der Waals surface area contributed by atoms with Crippen molar-refractivity contribution in [1.29, 1.82) is 0 Å². The van der Waals surface area contributed by atoms with E-state index in [1.165, 1.54) is 12.1 Å². The predicted octanol–water partition coefficient (Wildman–Crippen LogP) is 0.907. The lowest BCUT2D eigenvalue weighted by Gasteiger charge is -2.04. The summed E-state index contributed by atoms with van der Waals surface area (Å²) in [5.74, 6) is -0.293. The zero-order valence-electron chi connectivity index (χ0n) is 9.00. The number of nitrogens with zero attached hydrogens (tertiary/aromatic N) is 1. The summed E-state index contributed by atoms with van der Waals surface area (Å²) in [6.07, 6.45) is 1.67. The molecule has 0 spiro atoms. The number of halogens is 1. The van der Waals surface area contributed by atoms with Crippen molar-refractivity contribution in [3.63, 3.8) is 0 Å². The van der Waals surface area contributed by atoms with Gasteiger partial charge in [0, 0.05) is 18.0 Å². The zero-order chi connectivity index (χ0) is 12.0. The molecule has 1 amide bonds. The summed E-state index contributed by atoms with van der Waals surface area (Å²) >= 11 is 5.76. The smallest absolute Gasteiger partial charge is 0.271 e. The molecule has 1 rings (SSSR count). The molecule has 1 aromatic rings. The molecule has 1 heterocycles. The van der Waals surface area contributed by atoms with Crippen LogP contribution in [0.5, 0.6) is 0 Å². The number of rotatable bonds is 5. The van der Waals surface area contributed by atoms with Gasteiger partial charge in [0.1, 0.15) is 5.69 Å². The molecule has 0 aliphatic rings. The van der Waals surface area contributed by atoms with Crippen LogP contribution in [-0.4, -0.2) is 28.0 Å². The maximum absolute atomic E-state index is 11.5. The van der Waals surface area contributed by atoms with Crippen molar-refractivity contribution in [1.82, 2.24) is 15.5 Å². The van der Waals surface area contributed by atoms with Crippen LogP contribution < -0.4 is 10.9 Å². The van der Waals surface area contributed by atoms with Gasteiger partial charge in [-0.3, -0.25) is 9.59 Å². The van der Waals surface area contributed by atoms with Crippen LogP contribution in [0, 0.1) is 0 Å². The van der Waals surface area contributed by atoms with Gasteiger partial charge in [-0.2, -0.15) is 5.10 Å². The Balaban J connectivity index is 2.35. The van der Waals surface area contributed by atoms with Crippen LogP contribution in [0.2, 0.25) is 0 Å². The fourth-order valence-corrected chi connectivity index (χ4v) is 1.30. The van der Waals surface area contributed by atoms with Crippen LogP contribution in [-0.2, 0) is 0 Å². The van der Waals surface area contributed by atoms with Crippen molar-refractivity contribution in [2.45, 2.75) is 25.1 Å². The van der Waals surface area contributed by atoms with E-state index in [-0.39, 0.29) is 22.5 Å². The molecule has 88 valence electrons. The lowest BCUT2D eigenvalue weighted by atomic mass is 10.2. The normalized spacial score (nSPS) is 12.1. The number of aromatic amines is 1. The Kier molecular flexibility index (Phi) is 4.98. The lowest BCUT2D eigenvalue weighted by Crippen LogP contribution is -2.26. The highest BCUT2D eigenvalue weighted by atomic mass is 35.5. The largest absolute Gasteiger partial charge is 0.351 e. The van der Waals surface area contributed by atoms with Gasteiger partial charge in [0.2, 0.25) is 0 Å². The van der Waals surface area contributed by atoms with E-state index >= 15 is 0 Å². The highest BCUT2D eigenvalue weighted by Crippen LogP contribution is 2.02. The van der Waals surface area contributed by atoms with Crippen molar-refractivity contribution < 1.29 is 4.79 Å². The molecule has 0 aliphatic carbocycles. The van der Waals surface area contributed by atoms with Gasteiger partial charge in [-0.05, 0) is 25.8 Å². The first-order chi connectivity index (χ1) is 7.59. The first kappa shape index (κ1) is 12.7. The maximum Gasteiger partial charge on any atom is 0.271 e. The Morgan fingerprint density at radius 3 is 2.94 bits per heavy atom. The average Bonchev–Trinajstić information content (AvgIpc) is 2.25. The number of alkyl halides is 1. The Bertz CT molecular complexity index is 383. The highest BCUT2D eigenvalue weighted by Gasteiger charge is 2.06. The van der Waals surface area contributed by atoms with Crippen molar-refractivity contribution >= 4 is 17.5 Å². The minimum atomic E-state index is -0.326. The number of nitrogens with one attached hydrogen (secondary N) is 2. The zero-order valence-corrected chi connectivity index (χ0v) is 9.75. The lowest BCUT2D eigenvalue weighted by molar-refractivity contribution is 0.0947. The minimum Gasteiger partial charge on any atom is -0.351 e. The van der Waals surface area contributed by atoms with Gasteiger partial charge in [0.05, 0.1) is 0 Å². The number of aromatic nitrogens is 2. The number of carbonyl (C=O) groups excluding carboxylic acids is 1. The topological polar surface area (TPSA) is 74.8 Å². The maximum atomic E-state index is 11.5.